The summed E-state index contributed by atoms with van der Waals surface area (Å²) in [5, 5.41) is 12.4. The van der Waals surface area contributed by atoms with Gasteiger partial charge in [0.2, 0.25) is 0 Å². The SMILES string of the molecule is Cc1ccc([C@H](C)NC(=O)c2ccc3c(c2)CCCN3Cc2ccc(-c3ccccc3C(=O)O)cc2F)cc1F. The van der Waals surface area contributed by atoms with Crippen LogP contribution in [0.2, 0.25) is 0 Å². The molecule has 0 unspecified atom stereocenters. The lowest BCUT2D eigenvalue weighted by molar-refractivity contribution is 0.0697. The highest BCUT2D eigenvalue weighted by Crippen LogP contribution is 2.31. The minimum absolute atomic E-state index is 0.125. The van der Waals surface area contributed by atoms with Crippen LogP contribution in [-0.4, -0.2) is 23.5 Å². The van der Waals surface area contributed by atoms with E-state index < -0.39 is 11.8 Å². The first-order valence-corrected chi connectivity index (χ1v) is 13.3. The van der Waals surface area contributed by atoms with Gasteiger partial charge >= 0.3 is 5.97 Å². The highest BCUT2D eigenvalue weighted by atomic mass is 19.1. The number of aryl methyl sites for hydroxylation is 2. The Morgan fingerprint density at radius 3 is 2.52 bits per heavy atom. The van der Waals surface area contributed by atoms with Crippen molar-refractivity contribution >= 4 is 17.6 Å². The molecular formula is C33H30F2N2O3. The van der Waals surface area contributed by atoms with Crippen LogP contribution in [0.5, 0.6) is 0 Å². The largest absolute Gasteiger partial charge is 0.478 e. The third-order valence-corrected chi connectivity index (χ3v) is 7.48. The van der Waals surface area contributed by atoms with Gasteiger partial charge in [0.1, 0.15) is 11.6 Å². The first-order valence-electron chi connectivity index (χ1n) is 13.3. The van der Waals surface area contributed by atoms with E-state index in [4.69, 9.17) is 0 Å². The van der Waals surface area contributed by atoms with Gasteiger partial charge in [0.05, 0.1) is 11.6 Å². The molecule has 2 N–H and O–H groups in total. The average molecular weight is 541 g/mol. The van der Waals surface area contributed by atoms with Gasteiger partial charge in [0, 0.05) is 29.9 Å². The summed E-state index contributed by atoms with van der Waals surface area (Å²) in [6.07, 6.45) is 1.67. The van der Waals surface area contributed by atoms with Gasteiger partial charge < -0.3 is 15.3 Å². The molecule has 0 aromatic heterocycles. The van der Waals surface area contributed by atoms with Gasteiger partial charge in [-0.25, -0.2) is 13.6 Å². The fourth-order valence-corrected chi connectivity index (χ4v) is 5.19. The van der Waals surface area contributed by atoms with E-state index in [1.165, 1.54) is 18.2 Å². The van der Waals surface area contributed by atoms with Crippen molar-refractivity contribution in [1.82, 2.24) is 5.32 Å². The van der Waals surface area contributed by atoms with E-state index in [1.54, 1.807) is 49.4 Å². The van der Waals surface area contributed by atoms with Crippen LogP contribution in [0.4, 0.5) is 14.5 Å². The number of hydrogen-bond donors (Lipinski definition) is 2. The van der Waals surface area contributed by atoms with Crippen LogP contribution in [0.25, 0.3) is 11.1 Å². The number of rotatable bonds is 7. The van der Waals surface area contributed by atoms with Gasteiger partial charge in [-0.2, -0.15) is 0 Å². The number of fused-ring (bicyclic) bond motifs is 1. The molecule has 0 saturated carbocycles. The molecule has 0 radical (unpaired) electrons. The molecule has 0 saturated heterocycles. The molecule has 1 amide bonds. The van der Waals surface area contributed by atoms with Crippen molar-refractivity contribution in [3.05, 3.63) is 124 Å². The monoisotopic (exact) mass is 540 g/mol. The number of carbonyl (C=O) groups is 2. The van der Waals surface area contributed by atoms with Crippen molar-refractivity contribution in [2.45, 2.75) is 39.3 Å². The molecule has 1 aliphatic heterocycles. The number of carboxylic acid groups (broad SMARTS) is 1. The number of carbonyl (C=O) groups excluding carboxylic acids is 1. The average Bonchev–Trinajstić information content (AvgIpc) is 2.95. The molecule has 4 aromatic rings. The van der Waals surface area contributed by atoms with Crippen molar-refractivity contribution in [3.8, 4) is 11.1 Å². The Hall–Kier alpha value is -4.52. The summed E-state index contributed by atoms with van der Waals surface area (Å²) < 4.78 is 29.2. The van der Waals surface area contributed by atoms with Crippen molar-refractivity contribution in [1.29, 1.82) is 0 Å². The standard InChI is InChI=1S/C33H30F2N2O3/c1-20-9-10-22(17-29(20)34)21(2)36-32(38)25-13-14-31-24(16-25)6-5-15-37(31)19-26-12-11-23(18-30(26)35)27-7-3-4-8-28(27)33(39)40/h3-4,7-14,16-18,21H,5-6,15,19H2,1-2H3,(H,36,38)(H,39,40)/t21-/m0/s1. The lowest BCUT2D eigenvalue weighted by Gasteiger charge is -2.32. The van der Waals surface area contributed by atoms with Gasteiger partial charge in [-0.15, -0.1) is 0 Å². The third kappa shape index (κ3) is 5.59. The van der Waals surface area contributed by atoms with Crippen molar-refractivity contribution in [3.63, 3.8) is 0 Å². The molecule has 204 valence electrons. The molecule has 5 nitrogen and oxygen atoms in total. The van der Waals surface area contributed by atoms with Crippen LogP contribution in [-0.2, 0) is 13.0 Å². The van der Waals surface area contributed by atoms with Crippen LogP contribution in [0.1, 0.15) is 62.4 Å². The highest BCUT2D eigenvalue weighted by Gasteiger charge is 2.21. The second kappa shape index (κ2) is 11.3. The van der Waals surface area contributed by atoms with Gasteiger partial charge in [-0.3, -0.25) is 4.79 Å². The van der Waals surface area contributed by atoms with E-state index in [0.717, 1.165) is 30.6 Å². The summed E-state index contributed by atoms with van der Waals surface area (Å²) in [6.45, 7) is 4.62. The fourth-order valence-electron chi connectivity index (χ4n) is 5.19. The Balaban J connectivity index is 1.32. The quantitative estimate of drug-likeness (QED) is 0.263. The topological polar surface area (TPSA) is 69.6 Å². The lowest BCUT2D eigenvalue weighted by Crippen LogP contribution is -2.30. The Morgan fingerprint density at radius 2 is 1.77 bits per heavy atom. The number of aromatic carboxylic acids is 1. The van der Waals surface area contributed by atoms with Crippen molar-refractivity contribution in [2.24, 2.45) is 0 Å². The molecule has 1 heterocycles. The minimum atomic E-state index is -1.06. The normalized spacial score (nSPS) is 13.4. The van der Waals surface area contributed by atoms with E-state index in [1.807, 2.05) is 25.1 Å². The van der Waals surface area contributed by atoms with Gasteiger partial charge in [0.15, 0.2) is 0 Å². The van der Waals surface area contributed by atoms with Crippen molar-refractivity contribution < 1.29 is 23.5 Å². The van der Waals surface area contributed by atoms with E-state index in [0.29, 0.717) is 39.9 Å². The summed E-state index contributed by atoms with van der Waals surface area (Å²) in [7, 11) is 0. The molecule has 0 fully saturated rings. The van der Waals surface area contributed by atoms with E-state index >= 15 is 4.39 Å². The molecular weight excluding hydrogens is 510 g/mol. The second-order valence-corrected chi connectivity index (χ2v) is 10.2. The number of hydrogen-bond acceptors (Lipinski definition) is 3. The number of benzene rings is 4. The summed E-state index contributed by atoms with van der Waals surface area (Å²) >= 11 is 0. The first kappa shape index (κ1) is 27.1. The number of carboxylic acids is 1. The molecule has 1 aliphatic rings. The zero-order chi connectivity index (χ0) is 28.4. The minimum Gasteiger partial charge on any atom is -0.478 e. The van der Waals surface area contributed by atoms with Crippen LogP contribution in [0.3, 0.4) is 0 Å². The van der Waals surface area contributed by atoms with Crippen molar-refractivity contribution in [2.75, 3.05) is 11.4 Å². The molecule has 1 atom stereocenters. The maximum Gasteiger partial charge on any atom is 0.336 e. The molecule has 0 spiro atoms. The summed E-state index contributed by atoms with van der Waals surface area (Å²) in [5.74, 6) is -2.00. The molecule has 40 heavy (non-hydrogen) atoms. The molecule has 0 bridgehead atoms. The van der Waals surface area contributed by atoms with Gasteiger partial charge in [0.25, 0.3) is 5.91 Å². The Labute approximate surface area is 232 Å². The molecule has 4 aromatic carbocycles. The number of anilines is 1. The highest BCUT2D eigenvalue weighted by molar-refractivity contribution is 5.96. The summed E-state index contributed by atoms with van der Waals surface area (Å²) in [5.41, 5.74) is 5.35. The van der Waals surface area contributed by atoms with E-state index in [2.05, 4.69) is 10.2 Å². The van der Waals surface area contributed by atoms with Gasteiger partial charge in [-0.1, -0.05) is 42.5 Å². The predicted molar refractivity (Wildman–Crippen MR) is 152 cm³/mol. The Bertz CT molecular complexity index is 1600. The number of nitrogens with zero attached hydrogens (tertiary/aromatic N) is 1. The zero-order valence-electron chi connectivity index (χ0n) is 22.4. The van der Waals surface area contributed by atoms with E-state index in [9.17, 15) is 19.1 Å². The van der Waals surface area contributed by atoms with E-state index in [-0.39, 0.29) is 23.3 Å². The fraction of sp³-hybridized carbons (Fsp3) is 0.212. The molecule has 0 aliphatic carbocycles. The maximum atomic E-state index is 15.2. The summed E-state index contributed by atoms with van der Waals surface area (Å²) in [6, 6.07) is 21.5. The molecule has 5 rings (SSSR count). The predicted octanol–water partition coefficient (Wildman–Crippen LogP) is 7.08. The van der Waals surface area contributed by atoms with Crippen LogP contribution in [0.15, 0.2) is 78.9 Å². The van der Waals surface area contributed by atoms with Gasteiger partial charge in [-0.05, 0) is 90.9 Å². The van der Waals surface area contributed by atoms with Crippen LogP contribution < -0.4 is 10.2 Å². The van der Waals surface area contributed by atoms with Crippen LogP contribution in [0, 0.1) is 18.6 Å². The summed E-state index contributed by atoms with van der Waals surface area (Å²) in [4.78, 5) is 26.7. The zero-order valence-corrected chi connectivity index (χ0v) is 22.4. The number of halogens is 2. The third-order valence-electron chi connectivity index (χ3n) is 7.48. The maximum absolute atomic E-state index is 15.2. The second-order valence-electron chi connectivity index (χ2n) is 10.2. The smallest absolute Gasteiger partial charge is 0.336 e. The lowest BCUT2D eigenvalue weighted by atomic mass is 9.96. The van der Waals surface area contributed by atoms with Crippen LogP contribution >= 0.6 is 0 Å². The number of amides is 1. The first-order chi connectivity index (χ1) is 19.2. The number of nitrogens with one attached hydrogen (secondary N) is 1. The molecule has 7 heteroatoms. The Kier molecular flexibility index (Phi) is 7.65. The Morgan fingerprint density at radius 1 is 0.975 bits per heavy atom.